The number of benzene rings is 2. The van der Waals surface area contributed by atoms with Gasteiger partial charge in [-0.2, -0.15) is 0 Å². The summed E-state index contributed by atoms with van der Waals surface area (Å²) in [5.41, 5.74) is 3.14. The summed E-state index contributed by atoms with van der Waals surface area (Å²) in [5, 5.41) is 9.83. The summed E-state index contributed by atoms with van der Waals surface area (Å²) in [6, 6.07) is 12.9. The standard InChI is InChI=1S/C18H19ClO2/c1-4-18(2,3)13-7-5-12(6-8-13)16-11-14(19)9-10-15(16)17(20)21/h5-11H,4H2,1-3H3,(H,20,21). The van der Waals surface area contributed by atoms with Gasteiger partial charge < -0.3 is 5.11 Å². The average molecular weight is 303 g/mol. The lowest BCUT2D eigenvalue weighted by atomic mass is 9.81. The predicted octanol–water partition coefficient (Wildman–Crippen LogP) is 5.39. The van der Waals surface area contributed by atoms with E-state index in [2.05, 4.69) is 32.9 Å². The third-order valence-electron chi connectivity index (χ3n) is 4.07. The van der Waals surface area contributed by atoms with Crippen molar-refractivity contribution in [3.8, 4) is 11.1 Å². The van der Waals surface area contributed by atoms with Gasteiger partial charge in [0, 0.05) is 5.02 Å². The molecule has 0 bridgehead atoms. The van der Waals surface area contributed by atoms with Crippen molar-refractivity contribution >= 4 is 17.6 Å². The zero-order valence-electron chi connectivity index (χ0n) is 12.5. The van der Waals surface area contributed by atoms with E-state index in [0.717, 1.165) is 12.0 Å². The second kappa shape index (κ2) is 5.90. The van der Waals surface area contributed by atoms with E-state index >= 15 is 0 Å². The Hall–Kier alpha value is -1.80. The summed E-state index contributed by atoms with van der Waals surface area (Å²) < 4.78 is 0. The molecular weight excluding hydrogens is 284 g/mol. The van der Waals surface area contributed by atoms with E-state index in [9.17, 15) is 9.90 Å². The first kappa shape index (κ1) is 15.6. The highest BCUT2D eigenvalue weighted by molar-refractivity contribution is 6.31. The number of halogens is 1. The minimum Gasteiger partial charge on any atom is -0.478 e. The lowest BCUT2D eigenvalue weighted by Gasteiger charge is -2.23. The highest BCUT2D eigenvalue weighted by Crippen LogP contribution is 2.31. The van der Waals surface area contributed by atoms with Crippen LogP contribution in [-0.4, -0.2) is 11.1 Å². The van der Waals surface area contributed by atoms with E-state index in [4.69, 9.17) is 11.6 Å². The Labute approximate surface area is 130 Å². The van der Waals surface area contributed by atoms with Crippen LogP contribution in [0.1, 0.15) is 43.1 Å². The first-order valence-corrected chi connectivity index (χ1v) is 7.36. The molecule has 0 radical (unpaired) electrons. The maximum atomic E-state index is 11.3. The van der Waals surface area contributed by atoms with Gasteiger partial charge >= 0.3 is 5.97 Å². The third-order valence-corrected chi connectivity index (χ3v) is 4.31. The molecule has 2 aromatic carbocycles. The number of hydrogen-bond acceptors (Lipinski definition) is 1. The van der Waals surface area contributed by atoms with Crippen LogP contribution < -0.4 is 0 Å². The summed E-state index contributed by atoms with van der Waals surface area (Å²) in [4.78, 5) is 11.3. The van der Waals surface area contributed by atoms with Crippen molar-refractivity contribution in [3.63, 3.8) is 0 Å². The van der Waals surface area contributed by atoms with Gasteiger partial charge in [-0.1, -0.05) is 56.6 Å². The summed E-state index contributed by atoms with van der Waals surface area (Å²) in [6.45, 7) is 6.56. The molecule has 0 amide bonds. The molecule has 2 nitrogen and oxygen atoms in total. The van der Waals surface area contributed by atoms with Crippen LogP contribution in [0.5, 0.6) is 0 Å². The number of hydrogen-bond donors (Lipinski definition) is 1. The van der Waals surface area contributed by atoms with E-state index in [1.807, 2.05) is 12.1 Å². The molecule has 21 heavy (non-hydrogen) atoms. The van der Waals surface area contributed by atoms with Crippen LogP contribution in [0.4, 0.5) is 0 Å². The molecule has 0 spiro atoms. The van der Waals surface area contributed by atoms with E-state index in [-0.39, 0.29) is 11.0 Å². The molecule has 2 rings (SSSR count). The van der Waals surface area contributed by atoms with Crippen molar-refractivity contribution in [3.05, 3.63) is 58.6 Å². The maximum Gasteiger partial charge on any atom is 0.336 e. The van der Waals surface area contributed by atoms with Crippen LogP contribution in [0.25, 0.3) is 11.1 Å². The highest BCUT2D eigenvalue weighted by atomic mass is 35.5. The van der Waals surface area contributed by atoms with Gasteiger partial charge in [-0.3, -0.25) is 0 Å². The number of carboxylic acids is 1. The van der Waals surface area contributed by atoms with Crippen molar-refractivity contribution in [2.75, 3.05) is 0 Å². The Morgan fingerprint density at radius 3 is 2.29 bits per heavy atom. The Balaban J connectivity index is 2.49. The molecule has 3 heteroatoms. The number of carbonyl (C=O) groups is 1. The fraction of sp³-hybridized carbons (Fsp3) is 0.278. The van der Waals surface area contributed by atoms with Crippen molar-refractivity contribution in [1.82, 2.24) is 0 Å². The monoisotopic (exact) mass is 302 g/mol. The Morgan fingerprint density at radius 1 is 1.14 bits per heavy atom. The van der Waals surface area contributed by atoms with Crippen LogP contribution in [0.15, 0.2) is 42.5 Å². The van der Waals surface area contributed by atoms with E-state index < -0.39 is 5.97 Å². The lowest BCUT2D eigenvalue weighted by molar-refractivity contribution is 0.0697. The molecular formula is C18H19ClO2. The molecule has 2 aromatic rings. The van der Waals surface area contributed by atoms with Gasteiger partial charge in [0.2, 0.25) is 0 Å². The van der Waals surface area contributed by atoms with Crippen LogP contribution in [-0.2, 0) is 5.41 Å². The molecule has 0 fully saturated rings. The van der Waals surface area contributed by atoms with Crippen molar-refractivity contribution in [2.45, 2.75) is 32.6 Å². The molecule has 0 aromatic heterocycles. The minimum absolute atomic E-state index is 0.114. The number of rotatable bonds is 4. The summed E-state index contributed by atoms with van der Waals surface area (Å²) in [7, 11) is 0. The van der Waals surface area contributed by atoms with Gasteiger partial charge in [0.1, 0.15) is 0 Å². The molecule has 0 saturated carbocycles. The first-order chi connectivity index (χ1) is 9.85. The second-order valence-electron chi connectivity index (χ2n) is 5.81. The van der Waals surface area contributed by atoms with Crippen LogP contribution >= 0.6 is 11.6 Å². The Bertz CT molecular complexity index is 657. The number of aromatic carboxylic acids is 1. The summed E-state index contributed by atoms with van der Waals surface area (Å²) in [6.07, 6.45) is 1.05. The lowest BCUT2D eigenvalue weighted by Crippen LogP contribution is -2.15. The third kappa shape index (κ3) is 3.27. The average Bonchev–Trinajstić information content (AvgIpc) is 2.47. The van der Waals surface area contributed by atoms with E-state index in [1.54, 1.807) is 18.2 Å². The van der Waals surface area contributed by atoms with Gasteiger partial charge in [0.15, 0.2) is 0 Å². The Kier molecular flexibility index (Phi) is 4.38. The van der Waals surface area contributed by atoms with Gasteiger partial charge in [-0.15, -0.1) is 0 Å². The largest absolute Gasteiger partial charge is 0.478 e. The zero-order chi connectivity index (χ0) is 15.6. The molecule has 0 aliphatic carbocycles. The van der Waals surface area contributed by atoms with Gasteiger partial charge in [-0.05, 0) is 46.7 Å². The van der Waals surface area contributed by atoms with Crippen molar-refractivity contribution in [1.29, 1.82) is 0 Å². The normalized spacial score (nSPS) is 11.4. The minimum atomic E-state index is -0.945. The van der Waals surface area contributed by atoms with Crippen LogP contribution in [0.2, 0.25) is 5.02 Å². The zero-order valence-corrected chi connectivity index (χ0v) is 13.2. The summed E-state index contributed by atoms with van der Waals surface area (Å²) in [5.74, 6) is -0.945. The topological polar surface area (TPSA) is 37.3 Å². The van der Waals surface area contributed by atoms with E-state index in [1.165, 1.54) is 5.56 Å². The number of carboxylic acid groups (broad SMARTS) is 1. The summed E-state index contributed by atoms with van der Waals surface area (Å²) >= 11 is 6.00. The van der Waals surface area contributed by atoms with Crippen LogP contribution in [0.3, 0.4) is 0 Å². The quantitative estimate of drug-likeness (QED) is 0.821. The molecule has 0 unspecified atom stereocenters. The molecule has 0 aliphatic heterocycles. The fourth-order valence-corrected chi connectivity index (χ4v) is 2.42. The predicted molar refractivity (Wildman–Crippen MR) is 87.2 cm³/mol. The van der Waals surface area contributed by atoms with Crippen molar-refractivity contribution < 1.29 is 9.90 Å². The molecule has 0 atom stereocenters. The van der Waals surface area contributed by atoms with Crippen LogP contribution in [0, 0.1) is 0 Å². The highest BCUT2D eigenvalue weighted by Gasteiger charge is 2.18. The SMILES string of the molecule is CCC(C)(C)c1ccc(-c2cc(Cl)ccc2C(=O)O)cc1. The molecule has 110 valence electrons. The Morgan fingerprint density at radius 2 is 1.76 bits per heavy atom. The van der Waals surface area contributed by atoms with Gasteiger partial charge in [-0.25, -0.2) is 4.79 Å². The second-order valence-corrected chi connectivity index (χ2v) is 6.25. The van der Waals surface area contributed by atoms with Crippen molar-refractivity contribution in [2.24, 2.45) is 0 Å². The van der Waals surface area contributed by atoms with Gasteiger partial charge in [0.05, 0.1) is 5.56 Å². The molecule has 0 heterocycles. The molecule has 0 aliphatic rings. The first-order valence-electron chi connectivity index (χ1n) is 6.99. The molecule has 1 N–H and O–H groups in total. The smallest absolute Gasteiger partial charge is 0.336 e. The fourth-order valence-electron chi connectivity index (χ4n) is 2.25. The maximum absolute atomic E-state index is 11.3. The van der Waals surface area contributed by atoms with E-state index in [0.29, 0.717) is 10.6 Å². The molecule has 0 saturated heterocycles. The van der Waals surface area contributed by atoms with Gasteiger partial charge in [0.25, 0.3) is 0 Å².